The Labute approximate surface area is 180 Å². The fraction of sp³-hybridized carbons (Fsp3) is 0.478. The summed E-state index contributed by atoms with van der Waals surface area (Å²) in [5.74, 6) is -1.98. The van der Waals surface area contributed by atoms with Crippen molar-refractivity contribution in [3.05, 3.63) is 53.2 Å². The number of aliphatic carboxylic acids is 1. The first-order valence-corrected chi connectivity index (χ1v) is 10.7. The highest BCUT2D eigenvalue weighted by Gasteiger charge is 2.51. The van der Waals surface area contributed by atoms with Crippen LogP contribution in [0.4, 0.5) is 0 Å². The monoisotopic (exact) mass is 425 g/mol. The molecule has 2 aliphatic rings. The number of oxazole rings is 1. The van der Waals surface area contributed by atoms with Gasteiger partial charge in [0.2, 0.25) is 11.8 Å². The van der Waals surface area contributed by atoms with E-state index in [1.54, 1.807) is 6.92 Å². The molecule has 2 amide bonds. The first-order valence-electron chi connectivity index (χ1n) is 10.7. The standard InChI is InChI=1S/C23H27N3O5/c1-4-12(2)19-21(27)25-18(16-9-14-7-5-6-8-15(14)10-16)22(28)26(19)20(23(29)30)17-11-31-13(3)24-17/h5-8,11-12,16,18-20H,4,9-10H2,1-3H3,(H,25,27)(H,29,30)/t12-,18+,19+,20+/m0/s1. The predicted octanol–water partition coefficient (Wildman–Crippen LogP) is 2.27. The van der Waals surface area contributed by atoms with Crippen LogP contribution in [0.3, 0.4) is 0 Å². The van der Waals surface area contributed by atoms with E-state index in [0.717, 1.165) is 11.1 Å². The second-order valence-electron chi connectivity index (χ2n) is 8.53. The molecule has 2 aromatic rings. The lowest BCUT2D eigenvalue weighted by molar-refractivity contribution is -0.164. The van der Waals surface area contributed by atoms with Gasteiger partial charge < -0.3 is 19.7 Å². The number of benzene rings is 1. The summed E-state index contributed by atoms with van der Waals surface area (Å²) in [5, 5.41) is 13.0. The van der Waals surface area contributed by atoms with Crippen LogP contribution < -0.4 is 5.32 Å². The van der Waals surface area contributed by atoms with Gasteiger partial charge in [0.05, 0.1) is 0 Å². The highest BCUT2D eigenvalue weighted by Crippen LogP contribution is 2.35. The normalized spacial score (nSPS) is 23.4. The topological polar surface area (TPSA) is 113 Å². The van der Waals surface area contributed by atoms with Crippen molar-refractivity contribution in [3.8, 4) is 0 Å². The van der Waals surface area contributed by atoms with Crippen LogP contribution in [-0.2, 0) is 27.2 Å². The molecule has 4 rings (SSSR count). The molecule has 2 heterocycles. The van der Waals surface area contributed by atoms with E-state index in [9.17, 15) is 19.5 Å². The average Bonchev–Trinajstić information content (AvgIpc) is 3.35. The van der Waals surface area contributed by atoms with Crippen LogP contribution in [0.25, 0.3) is 0 Å². The first kappa shape index (κ1) is 21.1. The van der Waals surface area contributed by atoms with Gasteiger partial charge in [-0.1, -0.05) is 44.5 Å². The summed E-state index contributed by atoms with van der Waals surface area (Å²) in [6.45, 7) is 5.37. The van der Waals surface area contributed by atoms with Crippen LogP contribution in [0, 0.1) is 18.8 Å². The molecular formula is C23H27N3O5. The molecule has 1 fully saturated rings. The van der Waals surface area contributed by atoms with Crippen molar-refractivity contribution in [1.29, 1.82) is 0 Å². The molecule has 0 saturated carbocycles. The summed E-state index contributed by atoms with van der Waals surface area (Å²) >= 11 is 0. The first-order chi connectivity index (χ1) is 14.8. The molecular weight excluding hydrogens is 398 g/mol. The Kier molecular flexibility index (Phi) is 5.56. The number of hydrogen-bond donors (Lipinski definition) is 2. The van der Waals surface area contributed by atoms with E-state index in [1.165, 1.54) is 11.2 Å². The minimum Gasteiger partial charge on any atom is -0.479 e. The van der Waals surface area contributed by atoms with Gasteiger partial charge in [-0.15, -0.1) is 0 Å². The van der Waals surface area contributed by atoms with Crippen molar-refractivity contribution >= 4 is 17.8 Å². The molecule has 0 unspecified atom stereocenters. The van der Waals surface area contributed by atoms with Gasteiger partial charge in [-0.3, -0.25) is 9.59 Å². The van der Waals surface area contributed by atoms with E-state index in [0.29, 0.717) is 25.2 Å². The Bertz CT molecular complexity index is 991. The summed E-state index contributed by atoms with van der Waals surface area (Å²) in [7, 11) is 0. The van der Waals surface area contributed by atoms with E-state index in [2.05, 4.69) is 10.3 Å². The molecule has 0 spiro atoms. The number of aryl methyl sites for hydroxylation is 1. The number of rotatable bonds is 6. The quantitative estimate of drug-likeness (QED) is 0.734. The molecule has 8 heteroatoms. The summed E-state index contributed by atoms with van der Waals surface area (Å²) < 4.78 is 5.23. The van der Waals surface area contributed by atoms with Crippen LogP contribution >= 0.6 is 0 Å². The Morgan fingerprint density at radius 2 is 1.94 bits per heavy atom. The van der Waals surface area contributed by atoms with Crippen molar-refractivity contribution in [3.63, 3.8) is 0 Å². The third kappa shape index (κ3) is 3.71. The van der Waals surface area contributed by atoms with Crippen LogP contribution in [-0.4, -0.2) is 44.9 Å². The zero-order chi connectivity index (χ0) is 22.3. The molecule has 31 heavy (non-hydrogen) atoms. The number of carbonyl (C=O) groups is 3. The third-order valence-electron chi connectivity index (χ3n) is 6.55. The number of aromatic nitrogens is 1. The second kappa shape index (κ2) is 8.17. The molecule has 8 nitrogen and oxygen atoms in total. The summed E-state index contributed by atoms with van der Waals surface area (Å²) in [6, 6.07) is 4.92. The zero-order valence-corrected chi connectivity index (χ0v) is 17.9. The van der Waals surface area contributed by atoms with E-state index < -0.39 is 24.1 Å². The Balaban J connectivity index is 1.72. The molecule has 1 aliphatic carbocycles. The average molecular weight is 425 g/mol. The molecule has 0 radical (unpaired) electrons. The zero-order valence-electron chi connectivity index (χ0n) is 17.9. The number of fused-ring (bicyclic) bond motifs is 1. The smallest absolute Gasteiger partial charge is 0.332 e. The molecule has 1 aliphatic heterocycles. The van der Waals surface area contributed by atoms with E-state index in [4.69, 9.17) is 4.42 Å². The van der Waals surface area contributed by atoms with Gasteiger partial charge in [0.25, 0.3) is 0 Å². The van der Waals surface area contributed by atoms with Crippen molar-refractivity contribution in [2.24, 2.45) is 11.8 Å². The SMILES string of the molecule is CC[C@H](C)[C@@H]1C(=O)N[C@H](C2Cc3ccccc3C2)C(=O)N1[C@@H](C(=O)O)c1coc(C)n1. The largest absolute Gasteiger partial charge is 0.479 e. The van der Waals surface area contributed by atoms with Crippen molar-refractivity contribution in [2.75, 3.05) is 0 Å². The Morgan fingerprint density at radius 1 is 1.29 bits per heavy atom. The number of carboxylic acid groups (broad SMARTS) is 1. The molecule has 1 aromatic carbocycles. The minimum absolute atomic E-state index is 0.120. The second-order valence-corrected chi connectivity index (χ2v) is 8.53. The van der Waals surface area contributed by atoms with Crippen molar-refractivity contribution in [2.45, 2.75) is 58.2 Å². The van der Waals surface area contributed by atoms with Gasteiger partial charge in [-0.25, -0.2) is 9.78 Å². The van der Waals surface area contributed by atoms with Gasteiger partial charge in [0.15, 0.2) is 11.9 Å². The van der Waals surface area contributed by atoms with Crippen LogP contribution in [0.2, 0.25) is 0 Å². The van der Waals surface area contributed by atoms with E-state index >= 15 is 0 Å². The maximum absolute atomic E-state index is 13.8. The highest BCUT2D eigenvalue weighted by atomic mass is 16.4. The van der Waals surface area contributed by atoms with Crippen LogP contribution in [0.5, 0.6) is 0 Å². The number of nitrogens with one attached hydrogen (secondary N) is 1. The molecule has 164 valence electrons. The number of nitrogens with zero attached hydrogens (tertiary/aromatic N) is 2. The van der Waals surface area contributed by atoms with Gasteiger partial charge in [-0.2, -0.15) is 0 Å². The summed E-state index contributed by atoms with van der Waals surface area (Å²) in [6.07, 6.45) is 3.19. The number of carbonyl (C=O) groups excluding carboxylic acids is 2. The maximum Gasteiger partial charge on any atom is 0.332 e. The van der Waals surface area contributed by atoms with Gasteiger partial charge >= 0.3 is 5.97 Å². The predicted molar refractivity (Wildman–Crippen MR) is 111 cm³/mol. The Morgan fingerprint density at radius 3 is 2.45 bits per heavy atom. The molecule has 0 bridgehead atoms. The van der Waals surface area contributed by atoms with Gasteiger partial charge in [0, 0.05) is 6.92 Å². The number of amides is 2. The fourth-order valence-electron chi connectivity index (χ4n) is 4.81. The number of hydrogen-bond acceptors (Lipinski definition) is 5. The van der Waals surface area contributed by atoms with Crippen LogP contribution in [0.15, 0.2) is 34.9 Å². The van der Waals surface area contributed by atoms with Gasteiger partial charge in [-0.05, 0) is 35.8 Å². The third-order valence-corrected chi connectivity index (χ3v) is 6.55. The highest BCUT2D eigenvalue weighted by molar-refractivity contribution is 5.99. The summed E-state index contributed by atoms with van der Waals surface area (Å²) in [4.78, 5) is 44.7. The molecule has 1 saturated heterocycles. The number of piperazine rings is 1. The van der Waals surface area contributed by atoms with E-state index in [1.807, 2.05) is 38.1 Å². The minimum atomic E-state index is -1.39. The lowest BCUT2D eigenvalue weighted by atomic mass is 9.86. The lowest BCUT2D eigenvalue weighted by Gasteiger charge is -2.44. The molecule has 2 N–H and O–H groups in total. The molecule has 1 aromatic heterocycles. The number of carboxylic acids is 1. The van der Waals surface area contributed by atoms with E-state index in [-0.39, 0.29) is 29.3 Å². The maximum atomic E-state index is 13.8. The Hall–Kier alpha value is -3.16. The van der Waals surface area contributed by atoms with Crippen molar-refractivity contribution < 1.29 is 23.9 Å². The van der Waals surface area contributed by atoms with Crippen molar-refractivity contribution in [1.82, 2.24) is 15.2 Å². The summed E-state index contributed by atoms with van der Waals surface area (Å²) in [5.41, 5.74) is 2.44. The molecule has 4 atom stereocenters. The van der Waals surface area contributed by atoms with Gasteiger partial charge in [0.1, 0.15) is 24.0 Å². The van der Waals surface area contributed by atoms with Crippen LogP contribution in [0.1, 0.15) is 49.0 Å². The fourth-order valence-corrected chi connectivity index (χ4v) is 4.81. The lowest BCUT2D eigenvalue weighted by Crippen LogP contribution is -2.68.